The number of amides is 2. The van der Waals surface area contributed by atoms with Crippen LogP contribution in [0.25, 0.3) is 0 Å². The first-order valence-corrected chi connectivity index (χ1v) is 8.68. The summed E-state index contributed by atoms with van der Waals surface area (Å²) in [7, 11) is 0. The highest BCUT2D eigenvalue weighted by Crippen LogP contribution is 2.40. The van der Waals surface area contributed by atoms with Crippen molar-refractivity contribution in [2.24, 2.45) is 0 Å². The molecule has 1 unspecified atom stereocenters. The smallest absolute Gasteiger partial charge is 0.352 e. The molecule has 1 aromatic carbocycles. The third kappa shape index (κ3) is 3.02. The second-order valence-electron chi connectivity index (χ2n) is 5.81. The molecule has 2 aliphatic heterocycles. The largest absolute Gasteiger partial charge is 0.508 e. The van der Waals surface area contributed by atoms with Crippen molar-refractivity contribution in [3.8, 4) is 5.75 Å². The molecule has 0 radical (unpaired) electrons. The Kier molecular flexibility index (Phi) is 4.90. The minimum Gasteiger partial charge on any atom is -0.508 e. The van der Waals surface area contributed by atoms with Gasteiger partial charge in [-0.1, -0.05) is 12.1 Å². The number of nitrogens with one attached hydrogen (secondary N) is 1. The fourth-order valence-electron chi connectivity index (χ4n) is 2.85. The Morgan fingerprint density at radius 1 is 1.31 bits per heavy atom. The third-order valence-corrected chi connectivity index (χ3v) is 5.54. The molecular weight excluding hydrogens is 364 g/mol. The number of phenolic OH excluding ortho intramolecular Hbond substituents is 1. The highest BCUT2D eigenvalue weighted by molar-refractivity contribution is 8.00. The lowest BCUT2D eigenvalue weighted by atomic mass is 10.0. The normalized spacial score (nSPS) is 23.2. The van der Waals surface area contributed by atoms with Crippen LogP contribution in [0.15, 0.2) is 35.5 Å². The molecule has 5 N–H and O–H groups in total. The maximum absolute atomic E-state index is 12.3. The van der Waals surface area contributed by atoms with E-state index in [1.54, 1.807) is 0 Å². The lowest BCUT2D eigenvalue weighted by molar-refractivity contribution is -0.151. The maximum atomic E-state index is 12.3. The van der Waals surface area contributed by atoms with Gasteiger partial charge in [-0.2, -0.15) is 0 Å². The highest BCUT2D eigenvalue weighted by Gasteiger charge is 2.54. The van der Waals surface area contributed by atoms with Crippen molar-refractivity contribution in [2.45, 2.75) is 17.5 Å². The van der Waals surface area contributed by atoms with Gasteiger partial charge in [0.25, 0.3) is 11.8 Å². The van der Waals surface area contributed by atoms with Crippen LogP contribution in [0.1, 0.15) is 11.7 Å². The van der Waals surface area contributed by atoms with Crippen LogP contribution in [0, 0.1) is 0 Å². The Balaban J connectivity index is 1.72. The Labute approximate surface area is 151 Å². The van der Waals surface area contributed by atoms with Crippen LogP contribution in [0.2, 0.25) is 0 Å². The van der Waals surface area contributed by atoms with Gasteiger partial charge in [0.2, 0.25) is 0 Å². The van der Waals surface area contributed by atoms with Crippen LogP contribution in [-0.2, 0) is 14.4 Å². The number of aliphatic hydroxyl groups excluding tert-OH is 2. The molecule has 0 bridgehead atoms. The van der Waals surface area contributed by atoms with Gasteiger partial charge in [0.05, 0.1) is 6.61 Å². The van der Waals surface area contributed by atoms with Gasteiger partial charge in [0.15, 0.2) is 6.10 Å². The van der Waals surface area contributed by atoms with Crippen molar-refractivity contribution in [3.63, 3.8) is 0 Å². The number of carboxylic acid groups (broad SMARTS) is 1. The summed E-state index contributed by atoms with van der Waals surface area (Å²) in [5, 5.41) is 39.7. The van der Waals surface area contributed by atoms with Gasteiger partial charge in [0, 0.05) is 5.75 Å². The van der Waals surface area contributed by atoms with Gasteiger partial charge in [-0.05, 0) is 23.3 Å². The van der Waals surface area contributed by atoms with Gasteiger partial charge in [-0.3, -0.25) is 14.5 Å². The fourth-order valence-corrected chi connectivity index (χ4v) is 4.18. The number of β-lactam (4-membered cyclic amide) rings is 1. The van der Waals surface area contributed by atoms with E-state index in [1.807, 2.05) is 0 Å². The minimum absolute atomic E-state index is 0.0162. The summed E-state index contributed by atoms with van der Waals surface area (Å²) in [6.45, 7) is -0.471. The number of phenols is 1. The van der Waals surface area contributed by atoms with E-state index in [1.165, 1.54) is 36.0 Å². The zero-order valence-corrected chi connectivity index (χ0v) is 14.1. The van der Waals surface area contributed by atoms with Crippen LogP contribution >= 0.6 is 11.8 Å². The molecule has 9 nitrogen and oxygen atoms in total. The SMILES string of the molecule is O=C(O)C1=C(CO)CS[C@@H]2[C@@H](NC(=O)C(O)c3ccc(O)cc3)C(=O)N12. The van der Waals surface area contributed by atoms with Gasteiger partial charge >= 0.3 is 5.97 Å². The molecule has 3 rings (SSSR count). The predicted molar refractivity (Wildman–Crippen MR) is 89.8 cm³/mol. The minimum atomic E-state index is -1.53. The van der Waals surface area contributed by atoms with E-state index in [-0.39, 0.29) is 28.3 Å². The molecule has 2 aliphatic rings. The molecular formula is C16H16N2O7S. The van der Waals surface area contributed by atoms with Gasteiger partial charge in [-0.25, -0.2) is 4.79 Å². The number of rotatable bonds is 5. The number of hydrogen-bond acceptors (Lipinski definition) is 7. The average molecular weight is 380 g/mol. The molecule has 1 fully saturated rings. The number of hydrogen-bond donors (Lipinski definition) is 5. The molecule has 2 amide bonds. The van der Waals surface area contributed by atoms with Crippen LogP contribution in [0.4, 0.5) is 0 Å². The zero-order chi connectivity index (χ0) is 19.0. The van der Waals surface area contributed by atoms with Crippen molar-refractivity contribution in [1.29, 1.82) is 0 Å². The number of aromatic hydroxyl groups is 1. The summed E-state index contributed by atoms with van der Waals surface area (Å²) in [4.78, 5) is 37.0. The van der Waals surface area contributed by atoms with E-state index in [2.05, 4.69) is 5.32 Å². The average Bonchev–Trinajstić information content (AvgIpc) is 2.64. The van der Waals surface area contributed by atoms with Crippen molar-refractivity contribution in [2.75, 3.05) is 12.4 Å². The number of aliphatic carboxylic acids is 1. The number of fused-ring (bicyclic) bond motifs is 1. The molecule has 1 aromatic rings. The van der Waals surface area contributed by atoms with Gasteiger partial charge < -0.3 is 25.7 Å². The monoisotopic (exact) mass is 380 g/mol. The summed E-state index contributed by atoms with van der Waals surface area (Å²) < 4.78 is 0. The summed E-state index contributed by atoms with van der Waals surface area (Å²) in [6.07, 6.45) is -1.53. The molecule has 26 heavy (non-hydrogen) atoms. The first kappa shape index (κ1) is 18.2. The van der Waals surface area contributed by atoms with Crippen molar-refractivity contribution in [1.82, 2.24) is 10.2 Å². The van der Waals surface area contributed by atoms with Crippen LogP contribution in [0.5, 0.6) is 5.75 Å². The first-order chi connectivity index (χ1) is 12.3. The number of carbonyl (C=O) groups excluding carboxylic acids is 2. The van der Waals surface area contributed by atoms with E-state index in [9.17, 15) is 34.8 Å². The second kappa shape index (κ2) is 6.98. The zero-order valence-electron chi connectivity index (χ0n) is 13.3. The Morgan fingerprint density at radius 2 is 1.96 bits per heavy atom. The lowest BCUT2D eigenvalue weighted by Crippen LogP contribution is -2.71. The highest BCUT2D eigenvalue weighted by atomic mass is 32.2. The fraction of sp³-hybridized carbons (Fsp3) is 0.312. The second-order valence-corrected chi connectivity index (χ2v) is 6.91. The number of aliphatic hydroxyl groups is 2. The number of nitrogens with zero attached hydrogens (tertiary/aromatic N) is 1. The number of thioether (sulfide) groups is 1. The Morgan fingerprint density at radius 3 is 2.54 bits per heavy atom. The van der Waals surface area contributed by atoms with Crippen LogP contribution in [-0.4, -0.2) is 66.9 Å². The third-order valence-electron chi connectivity index (χ3n) is 4.20. The van der Waals surface area contributed by atoms with E-state index in [0.717, 1.165) is 4.90 Å². The van der Waals surface area contributed by atoms with Gasteiger partial charge in [-0.15, -0.1) is 11.8 Å². The van der Waals surface area contributed by atoms with Crippen LogP contribution in [0.3, 0.4) is 0 Å². The van der Waals surface area contributed by atoms with E-state index in [4.69, 9.17) is 0 Å². The van der Waals surface area contributed by atoms with E-state index >= 15 is 0 Å². The molecule has 0 saturated carbocycles. The molecule has 0 aliphatic carbocycles. The topological polar surface area (TPSA) is 147 Å². The Bertz CT molecular complexity index is 792. The first-order valence-electron chi connectivity index (χ1n) is 7.63. The summed E-state index contributed by atoms with van der Waals surface area (Å²) >= 11 is 1.22. The maximum Gasteiger partial charge on any atom is 0.352 e. The van der Waals surface area contributed by atoms with E-state index in [0.29, 0.717) is 0 Å². The molecule has 0 aromatic heterocycles. The van der Waals surface area contributed by atoms with Crippen LogP contribution < -0.4 is 5.32 Å². The van der Waals surface area contributed by atoms with Gasteiger partial charge in [0.1, 0.15) is 22.9 Å². The molecule has 2 heterocycles. The summed E-state index contributed by atoms with van der Waals surface area (Å²) in [5.41, 5.74) is 0.223. The van der Waals surface area contributed by atoms with Crippen molar-refractivity contribution in [3.05, 3.63) is 41.1 Å². The number of benzene rings is 1. The molecule has 138 valence electrons. The van der Waals surface area contributed by atoms with Crippen molar-refractivity contribution < 1.29 is 34.8 Å². The summed E-state index contributed by atoms with van der Waals surface area (Å²) in [5.74, 6) is -2.53. The number of carbonyl (C=O) groups is 3. The molecule has 0 spiro atoms. The predicted octanol–water partition coefficient (Wildman–Crippen LogP) is -0.844. The van der Waals surface area contributed by atoms with Crippen molar-refractivity contribution >= 4 is 29.5 Å². The molecule has 10 heteroatoms. The lowest BCUT2D eigenvalue weighted by Gasteiger charge is -2.49. The molecule has 1 saturated heterocycles. The summed E-state index contributed by atoms with van der Waals surface area (Å²) in [6, 6.07) is 4.43. The van der Waals surface area contributed by atoms with E-state index < -0.39 is 41.9 Å². The standard InChI is InChI=1S/C16H16N2O7S/c19-5-8-6-26-15-10(14(23)18(15)11(8)16(24)25)17-13(22)12(21)7-1-3-9(20)4-2-7/h1-4,10,12,15,19-21H,5-6H2,(H,17,22)(H,24,25)/t10-,12?,15+/m0/s1. The Hall–Kier alpha value is -2.56. The quantitative estimate of drug-likeness (QED) is 0.415. The number of carboxylic acids is 1. The molecule has 3 atom stereocenters.